The van der Waals surface area contributed by atoms with Crippen molar-refractivity contribution in [1.29, 1.82) is 5.26 Å². The van der Waals surface area contributed by atoms with Crippen molar-refractivity contribution in [3.05, 3.63) is 48.0 Å². The fraction of sp³-hybridized carbons (Fsp3) is 0.474. The first-order valence-electron chi connectivity index (χ1n) is 8.74. The minimum absolute atomic E-state index is 0.0386. The van der Waals surface area contributed by atoms with Crippen LogP contribution in [0.15, 0.2) is 36.8 Å². The van der Waals surface area contributed by atoms with Crippen LogP contribution < -0.4 is 5.32 Å². The predicted octanol–water partition coefficient (Wildman–Crippen LogP) is 2.14. The van der Waals surface area contributed by atoms with Crippen LogP contribution in [0.4, 0.5) is 5.69 Å². The molecule has 6 nitrogen and oxygen atoms in total. The van der Waals surface area contributed by atoms with E-state index in [9.17, 15) is 0 Å². The summed E-state index contributed by atoms with van der Waals surface area (Å²) >= 11 is 0. The molecule has 0 aliphatic carbocycles. The van der Waals surface area contributed by atoms with Crippen molar-refractivity contribution in [2.75, 3.05) is 25.0 Å². The van der Waals surface area contributed by atoms with E-state index in [2.05, 4.69) is 25.8 Å². The van der Waals surface area contributed by atoms with Gasteiger partial charge in [0.15, 0.2) is 0 Å². The molecule has 0 bridgehead atoms. The minimum Gasteiger partial charge on any atom is -0.380 e. The first-order valence-corrected chi connectivity index (χ1v) is 8.74. The molecule has 2 saturated heterocycles. The Bertz CT molecular complexity index is 795. The Labute approximate surface area is 148 Å². The van der Waals surface area contributed by atoms with Gasteiger partial charge in [-0.1, -0.05) is 6.07 Å². The van der Waals surface area contributed by atoms with E-state index >= 15 is 0 Å². The number of hydrogen-bond acceptors (Lipinski definition) is 5. The van der Waals surface area contributed by atoms with Gasteiger partial charge in [0.1, 0.15) is 0 Å². The first kappa shape index (κ1) is 16.1. The molecule has 0 radical (unpaired) electrons. The Balaban J connectivity index is 1.36. The summed E-state index contributed by atoms with van der Waals surface area (Å²) in [7, 11) is 2.04. The molecular formula is C19H23N5O. The zero-order valence-corrected chi connectivity index (χ0v) is 14.5. The molecule has 0 saturated carbocycles. The number of hydrogen-bond donors (Lipinski definition) is 1. The zero-order chi connectivity index (χ0) is 17.3. The highest BCUT2D eigenvalue weighted by atomic mass is 16.5. The summed E-state index contributed by atoms with van der Waals surface area (Å²) in [6, 6.07) is 10.1. The number of nitriles is 1. The Morgan fingerprint density at radius 1 is 1.48 bits per heavy atom. The van der Waals surface area contributed by atoms with Crippen LogP contribution in [0.1, 0.15) is 24.1 Å². The van der Waals surface area contributed by atoms with Gasteiger partial charge in [-0.15, -0.1) is 0 Å². The number of benzene rings is 1. The van der Waals surface area contributed by atoms with E-state index in [0.29, 0.717) is 11.6 Å². The van der Waals surface area contributed by atoms with E-state index in [1.165, 1.54) is 5.69 Å². The lowest BCUT2D eigenvalue weighted by Gasteiger charge is -2.23. The summed E-state index contributed by atoms with van der Waals surface area (Å²) in [4.78, 5) is 6.65. The highest BCUT2D eigenvalue weighted by Gasteiger charge is 2.45. The van der Waals surface area contributed by atoms with Crippen molar-refractivity contribution in [1.82, 2.24) is 14.5 Å². The Kier molecular flexibility index (Phi) is 4.20. The summed E-state index contributed by atoms with van der Waals surface area (Å²) in [5, 5.41) is 12.6. The molecule has 130 valence electrons. The lowest BCUT2D eigenvalue weighted by molar-refractivity contribution is 0.0118. The second-order valence-corrected chi connectivity index (χ2v) is 7.19. The average molecular weight is 337 g/mol. The molecule has 1 aromatic heterocycles. The third kappa shape index (κ3) is 3.39. The minimum atomic E-state index is -0.0386. The molecule has 4 rings (SSSR count). The summed E-state index contributed by atoms with van der Waals surface area (Å²) in [6.07, 6.45) is 5.86. The number of rotatable bonds is 4. The quantitative estimate of drug-likeness (QED) is 0.926. The number of anilines is 1. The van der Waals surface area contributed by atoms with E-state index in [4.69, 9.17) is 10.00 Å². The number of imidazole rings is 1. The van der Waals surface area contributed by atoms with Crippen molar-refractivity contribution in [3.8, 4) is 6.07 Å². The molecule has 25 heavy (non-hydrogen) atoms. The maximum atomic E-state index is 9.03. The lowest BCUT2D eigenvalue weighted by Crippen LogP contribution is -2.33. The fourth-order valence-electron chi connectivity index (χ4n) is 3.96. The maximum Gasteiger partial charge on any atom is 0.0992 e. The molecule has 0 unspecified atom stereocenters. The predicted molar refractivity (Wildman–Crippen MR) is 95.0 cm³/mol. The molecule has 2 aliphatic rings. The molecule has 2 fully saturated rings. The standard InChI is InChI=1S/C19H23N5O/c1-23-14-21-10-18(23)11-24-6-5-19(13-24)8-17(12-25-19)22-16-4-2-3-15(7-16)9-20/h2-4,7,10,14,17,22H,5-6,8,11-13H2,1H3/t17-,19-/m1/s1. The second-order valence-electron chi connectivity index (χ2n) is 7.19. The van der Waals surface area contributed by atoms with Crippen LogP contribution in [0.5, 0.6) is 0 Å². The number of ether oxygens (including phenoxy) is 1. The van der Waals surface area contributed by atoms with Crippen molar-refractivity contribution >= 4 is 5.69 Å². The van der Waals surface area contributed by atoms with Gasteiger partial charge >= 0.3 is 0 Å². The summed E-state index contributed by atoms with van der Waals surface area (Å²) in [6.45, 7) is 3.66. The zero-order valence-electron chi connectivity index (χ0n) is 14.5. The molecule has 1 spiro atoms. The van der Waals surface area contributed by atoms with Gasteiger partial charge in [-0.3, -0.25) is 4.90 Å². The highest BCUT2D eigenvalue weighted by Crippen LogP contribution is 2.36. The average Bonchev–Trinajstić information content (AvgIpc) is 3.31. The van der Waals surface area contributed by atoms with Gasteiger partial charge in [0.05, 0.1) is 41.9 Å². The first-order chi connectivity index (χ1) is 12.2. The Morgan fingerprint density at radius 3 is 3.20 bits per heavy atom. The number of nitrogens with zero attached hydrogens (tertiary/aromatic N) is 4. The van der Waals surface area contributed by atoms with Crippen molar-refractivity contribution in [2.24, 2.45) is 7.05 Å². The van der Waals surface area contributed by atoms with Crippen LogP contribution in [0.25, 0.3) is 0 Å². The maximum absolute atomic E-state index is 9.03. The van der Waals surface area contributed by atoms with Gasteiger partial charge in [-0.25, -0.2) is 4.98 Å². The van der Waals surface area contributed by atoms with Gasteiger partial charge in [0, 0.05) is 45.0 Å². The molecular weight excluding hydrogens is 314 g/mol. The SMILES string of the molecule is Cn1cncc1CN1CC[C@@]2(C[C@@H](Nc3cccc(C#N)c3)CO2)C1. The third-order valence-corrected chi connectivity index (χ3v) is 5.27. The number of nitrogens with one attached hydrogen (secondary N) is 1. The van der Waals surface area contributed by atoms with Crippen LogP contribution in [0, 0.1) is 11.3 Å². The van der Waals surface area contributed by atoms with E-state index < -0.39 is 0 Å². The summed E-state index contributed by atoms with van der Waals surface area (Å²) < 4.78 is 8.31. The van der Waals surface area contributed by atoms with E-state index in [1.807, 2.05) is 43.8 Å². The Hall–Kier alpha value is -2.36. The molecule has 2 aliphatic heterocycles. The number of aromatic nitrogens is 2. The van der Waals surface area contributed by atoms with Crippen LogP contribution in [0.3, 0.4) is 0 Å². The van der Waals surface area contributed by atoms with Gasteiger partial charge in [0.2, 0.25) is 0 Å². The van der Waals surface area contributed by atoms with Gasteiger partial charge in [-0.2, -0.15) is 5.26 Å². The monoisotopic (exact) mass is 337 g/mol. The Morgan fingerprint density at radius 2 is 2.40 bits per heavy atom. The van der Waals surface area contributed by atoms with E-state index in [0.717, 1.165) is 44.8 Å². The molecule has 2 atom stereocenters. The molecule has 0 amide bonds. The van der Waals surface area contributed by atoms with Gasteiger partial charge in [0.25, 0.3) is 0 Å². The van der Waals surface area contributed by atoms with Crippen LogP contribution in [-0.4, -0.2) is 45.8 Å². The van der Waals surface area contributed by atoms with E-state index in [1.54, 1.807) is 0 Å². The topological polar surface area (TPSA) is 66.1 Å². The normalized spacial score (nSPS) is 26.2. The largest absolute Gasteiger partial charge is 0.380 e. The molecule has 6 heteroatoms. The summed E-state index contributed by atoms with van der Waals surface area (Å²) in [5.74, 6) is 0. The number of likely N-dealkylation sites (tertiary alicyclic amines) is 1. The van der Waals surface area contributed by atoms with E-state index in [-0.39, 0.29) is 5.60 Å². The molecule has 3 heterocycles. The summed E-state index contributed by atoms with van der Waals surface area (Å²) in [5.41, 5.74) is 2.87. The smallest absolute Gasteiger partial charge is 0.0992 e. The van der Waals surface area contributed by atoms with Crippen molar-refractivity contribution < 1.29 is 4.74 Å². The third-order valence-electron chi connectivity index (χ3n) is 5.27. The van der Waals surface area contributed by atoms with Gasteiger partial charge < -0.3 is 14.6 Å². The van der Waals surface area contributed by atoms with Crippen LogP contribution in [-0.2, 0) is 18.3 Å². The van der Waals surface area contributed by atoms with Crippen LogP contribution >= 0.6 is 0 Å². The lowest BCUT2D eigenvalue weighted by atomic mass is 9.97. The molecule has 1 N–H and O–H groups in total. The number of aryl methyl sites for hydroxylation is 1. The van der Waals surface area contributed by atoms with Crippen molar-refractivity contribution in [3.63, 3.8) is 0 Å². The van der Waals surface area contributed by atoms with Crippen LogP contribution in [0.2, 0.25) is 0 Å². The molecule has 2 aromatic rings. The fourth-order valence-corrected chi connectivity index (χ4v) is 3.96. The molecule has 1 aromatic carbocycles. The highest BCUT2D eigenvalue weighted by molar-refractivity contribution is 5.50. The van der Waals surface area contributed by atoms with Crippen molar-refractivity contribution in [2.45, 2.75) is 31.0 Å². The second kappa shape index (κ2) is 6.51. The van der Waals surface area contributed by atoms with Gasteiger partial charge in [-0.05, 0) is 24.6 Å².